The predicted octanol–water partition coefficient (Wildman–Crippen LogP) is 2.86. The fourth-order valence-electron chi connectivity index (χ4n) is 2.74. The highest BCUT2D eigenvalue weighted by Crippen LogP contribution is 2.21. The maximum Gasteiger partial charge on any atom is 0.321 e. The van der Waals surface area contributed by atoms with Gasteiger partial charge in [0.2, 0.25) is 10.0 Å². The van der Waals surface area contributed by atoms with Crippen LogP contribution in [0.25, 0.3) is 0 Å². The summed E-state index contributed by atoms with van der Waals surface area (Å²) >= 11 is 3.29. The molecular formula is C18H17BrN4O3S. The third-order valence-corrected chi connectivity index (χ3v) is 6.61. The second-order valence-electron chi connectivity index (χ2n) is 5.97. The second-order valence-corrected chi connectivity index (χ2v) is 8.82. The molecule has 9 heteroatoms. The number of hydrogen-bond acceptors (Lipinski definition) is 4. The van der Waals surface area contributed by atoms with E-state index in [0.717, 1.165) is 0 Å². The summed E-state index contributed by atoms with van der Waals surface area (Å²) in [6.07, 6.45) is 0. The smallest absolute Gasteiger partial charge is 0.321 e. The van der Waals surface area contributed by atoms with Crippen molar-refractivity contribution in [2.24, 2.45) is 0 Å². The quantitative estimate of drug-likeness (QED) is 0.780. The van der Waals surface area contributed by atoms with Gasteiger partial charge in [-0.3, -0.25) is 0 Å². The number of urea groups is 1. The number of benzene rings is 2. The molecule has 1 heterocycles. The van der Waals surface area contributed by atoms with Crippen LogP contribution >= 0.6 is 15.9 Å². The standard InChI is InChI=1S/C18H17BrN4O3S/c19-15-2-1-3-17(12-15)27(25,26)23-10-8-22(9-11-23)18(24)21-16-6-4-14(13-20)5-7-16/h1-7,12H,8-11H2,(H,21,24). The number of carbonyl (C=O) groups is 1. The van der Waals surface area contributed by atoms with Crippen LogP contribution in [0.5, 0.6) is 0 Å². The number of hydrogen-bond donors (Lipinski definition) is 1. The van der Waals surface area contributed by atoms with Crippen LogP contribution < -0.4 is 5.32 Å². The van der Waals surface area contributed by atoms with E-state index in [1.165, 1.54) is 4.31 Å². The minimum atomic E-state index is -3.59. The van der Waals surface area contributed by atoms with Gasteiger partial charge >= 0.3 is 6.03 Å². The van der Waals surface area contributed by atoms with Crippen LogP contribution in [0.15, 0.2) is 57.9 Å². The molecule has 0 radical (unpaired) electrons. The van der Waals surface area contributed by atoms with Gasteiger partial charge in [0, 0.05) is 36.3 Å². The van der Waals surface area contributed by atoms with E-state index < -0.39 is 10.0 Å². The van der Waals surface area contributed by atoms with Crippen LogP contribution in [0.3, 0.4) is 0 Å². The number of amides is 2. The van der Waals surface area contributed by atoms with Crippen LogP contribution in [0.2, 0.25) is 0 Å². The Bertz CT molecular complexity index is 978. The van der Waals surface area contributed by atoms with Crippen LogP contribution in [0, 0.1) is 11.3 Å². The zero-order chi connectivity index (χ0) is 19.4. The molecule has 0 unspecified atom stereocenters. The molecule has 3 rings (SSSR count). The Labute approximate surface area is 166 Å². The fourth-order valence-corrected chi connectivity index (χ4v) is 4.76. The number of carbonyl (C=O) groups excluding carboxylic acids is 1. The zero-order valence-electron chi connectivity index (χ0n) is 14.3. The largest absolute Gasteiger partial charge is 0.322 e. The average molecular weight is 449 g/mol. The van der Waals surface area contributed by atoms with Crippen molar-refractivity contribution in [3.8, 4) is 6.07 Å². The Morgan fingerprint density at radius 3 is 2.33 bits per heavy atom. The van der Waals surface area contributed by atoms with E-state index in [1.807, 2.05) is 6.07 Å². The lowest BCUT2D eigenvalue weighted by Crippen LogP contribution is -2.51. The minimum Gasteiger partial charge on any atom is -0.322 e. The molecule has 2 amide bonds. The lowest BCUT2D eigenvalue weighted by Gasteiger charge is -2.34. The average Bonchev–Trinajstić information content (AvgIpc) is 2.68. The first-order chi connectivity index (χ1) is 12.9. The zero-order valence-corrected chi connectivity index (χ0v) is 16.7. The Morgan fingerprint density at radius 2 is 1.74 bits per heavy atom. The molecule has 1 saturated heterocycles. The lowest BCUT2D eigenvalue weighted by molar-refractivity contribution is 0.184. The maximum atomic E-state index is 12.7. The molecule has 1 N–H and O–H groups in total. The normalized spacial score (nSPS) is 15.2. The van der Waals surface area contributed by atoms with Gasteiger partial charge < -0.3 is 10.2 Å². The summed E-state index contributed by atoms with van der Waals surface area (Å²) in [6.45, 7) is 1.07. The Hall–Kier alpha value is -2.41. The third kappa shape index (κ3) is 4.47. The lowest BCUT2D eigenvalue weighted by atomic mass is 10.2. The molecule has 0 atom stereocenters. The first kappa shape index (κ1) is 19.4. The first-order valence-electron chi connectivity index (χ1n) is 8.22. The molecule has 0 bridgehead atoms. The van der Waals surface area contributed by atoms with Gasteiger partial charge in [-0.15, -0.1) is 0 Å². The number of sulfonamides is 1. The van der Waals surface area contributed by atoms with E-state index in [1.54, 1.807) is 53.4 Å². The van der Waals surface area contributed by atoms with Gasteiger partial charge in [0.1, 0.15) is 0 Å². The van der Waals surface area contributed by atoms with E-state index in [0.29, 0.717) is 28.8 Å². The number of anilines is 1. The highest BCUT2D eigenvalue weighted by Gasteiger charge is 2.30. The summed E-state index contributed by atoms with van der Waals surface area (Å²) in [7, 11) is -3.59. The van der Waals surface area contributed by atoms with Crippen molar-refractivity contribution in [1.82, 2.24) is 9.21 Å². The number of nitrogens with one attached hydrogen (secondary N) is 1. The molecule has 0 saturated carbocycles. The molecule has 140 valence electrons. The van der Waals surface area contributed by atoms with Gasteiger partial charge in [-0.2, -0.15) is 9.57 Å². The summed E-state index contributed by atoms with van der Waals surface area (Å²) in [6, 6.07) is 14.9. The van der Waals surface area contributed by atoms with Crippen LogP contribution in [-0.4, -0.2) is 49.8 Å². The summed E-state index contributed by atoms with van der Waals surface area (Å²) in [5, 5.41) is 11.6. The molecule has 0 spiro atoms. The highest BCUT2D eigenvalue weighted by atomic mass is 79.9. The van der Waals surface area contributed by atoms with Crippen molar-refractivity contribution in [3.05, 3.63) is 58.6 Å². The van der Waals surface area contributed by atoms with Crippen LogP contribution in [0.4, 0.5) is 10.5 Å². The van der Waals surface area contributed by atoms with Gasteiger partial charge in [0.25, 0.3) is 0 Å². The molecule has 1 aliphatic heterocycles. The maximum absolute atomic E-state index is 12.7. The Kier molecular flexibility index (Phi) is 5.79. The topological polar surface area (TPSA) is 93.5 Å². The number of rotatable bonds is 3. The molecule has 1 fully saturated rings. The van der Waals surface area contributed by atoms with Crippen molar-refractivity contribution in [3.63, 3.8) is 0 Å². The molecule has 7 nitrogen and oxygen atoms in total. The Morgan fingerprint density at radius 1 is 1.07 bits per heavy atom. The monoisotopic (exact) mass is 448 g/mol. The highest BCUT2D eigenvalue weighted by molar-refractivity contribution is 9.10. The van der Waals surface area contributed by atoms with E-state index in [-0.39, 0.29) is 24.0 Å². The minimum absolute atomic E-state index is 0.229. The molecule has 0 aromatic heterocycles. The summed E-state index contributed by atoms with van der Waals surface area (Å²) in [5.41, 5.74) is 1.10. The Balaban J connectivity index is 1.61. The van der Waals surface area contributed by atoms with Crippen molar-refractivity contribution in [2.45, 2.75) is 4.90 Å². The van der Waals surface area contributed by atoms with Crippen LogP contribution in [-0.2, 0) is 10.0 Å². The number of nitrogens with zero attached hydrogens (tertiary/aromatic N) is 3. The van der Waals surface area contributed by atoms with E-state index in [4.69, 9.17) is 5.26 Å². The third-order valence-electron chi connectivity index (χ3n) is 4.22. The summed E-state index contributed by atoms with van der Waals surface area (Å²) in [4.78, 5) is 14.2. The van der Waals surface area contributed by atoms with Gasteiger partial charge in [-0.05, 0) is 42.5 Å². The van der Waals surface area contributed by atoms with Gasteiger partial charge in [0.05, 0.1) is 16.5 Å². The van der Waals surface area contributed by atoms with Crippen molar-refractivity contribution in [2.75, 3.05) is 31.5 Å². The first-order valence-corrected chi connectivity index (χ1v) is 10.5. The fraction of sp³-hybridized carbons (Fsp3) is 0.222. The molecule has 1 aliphatic rings. The molecule has 2 aromatic rings. The van der Waals surface area contributed by atoms with E-state index in [9.17, 15) is 13.2 Å². The van der Waals surface area contributed by atoms with E-state index in [2.05, 4.69) is 21.2 Å². The number of halogens is 1. The van der Waals surface area contributed by atoms with Crippen molar-refractivity contribution in [1.29, 1.82) is 5.26 Å². The van der Waals surface area contributed by atoms with E-state index >= 15 is 0 Å². The summed E-state index contributed by atoms with van der Waals surface area (Å²) in [5.74, 6) is 0. The molecule has 27 heavy (non-hydrogen) atoms. The number of piperazine rings is 1. The summed E-state index contributed by atoms with van der Waals surface area (Å²) < 4.78 is 27.5. The molecule has 2 aromatic carbocycles. The second kappa shape index (κ2) is 8.08. The van der Waals surface area contributed by atoms with Gasteiger partial charge in [-0.1, -0.05) is 22.0 Å². The van der Waals surface area contributed by atoms with Crippen LogP contribution in [0.1, 0.15) is 5.56 Å². The van der Waals surface area contributed by atoms with Crippen molar-refractivity contribution >= 4 is 37.7 Å². The SMILES string of the molecule is N#Cc1ccc(NC(=O)N2CCN(S(=O)(=O)c3cccc(Br)c3)CC2)cc1. The van der Waals surface area contributed by atoms with Gasteiger partial charge in [0.15, 0.2) is 0 Å². The van der Waals surface area contributed by atoms with Gasteiger partial charge in [-0.25, -0.2) is 13.2 Å². The van der Waals surface area contributed by atoms with Crippen molar-refractivity contribution < 1.29 is 13.2 Å². The number of nitriles is 1. The molecular weight excluding hydrogens is 432 g/mol. The predicted molar refractivity (Wildman–Crippen MR) is 105 cm³/mol. The molecule has 0 aliphatic carbocycles.